The first-order valence-electron chi connectivity index (χ1n) is 24.7. The van der Waals surface area contributed by atoms with Crippen LogP contribution in [-0.4, -0.2) is 17.3 Å². The Morgan fingerprint density at radius 1 is 0.321 bits per heavy atom. The zero-order valence-electron chi connectivity index (χ0n) is 36.6. The first-order valence-corrected chi connectivity index (χ1v) is 29.0. The van der Waals surface area contributed by atoms with Gasteiger partial charge in [0.2, 0.25) is 5.69 Å². The molecule has 0 saturated heterocycles. The van der Waals surface area contributed by atoms with E-state index in [0.29, 0.717) is 6.61 Å². The van der Waals surface area contributed by atoms with Crippen LogP contribution >= 0.6 is 17.1 Å². The van der Waals surface area contributed by atoms with Gasteiger partial charge in [-0.25, -0.2) is 0 Å². The fraction of sp³-hybridized carbons (Fsp3) is 1.00. The van der Waals surface area contributed by atoms with Gasteiger partial charge >= 0.3 is 0 Å². The van der Waals surface area contributed by atoms with Gasteiger partial charge in [-0.2, -0.15) is 0 Å². The molecule has 0 aromatic carbocycles. The number of hydrogen-bond acceptors (Lipinski definition) is 3. The molecule has 53 heavy (non-hydrogen) atoms. The van der Waals surface area contributed by atoms with E-state index in [4.69, 9.17) is 16.3 Å². The van der Waals surface area contributed by atoms with E-state index in [1.807, 2.05) is 0 Å². The fourth-order valence-electron chi connectivity index (χ4n) is 7.82. The summed E-state index contributed by atoms with van der Waals surface area (Å²) in [5, 5.41) is 0. The van der Waals surface area contributed by atoms with Crippen LogP contribution < -0.4 is 0 Å². The highest BCUT2D eigenvalue weighted by Crippen LogP contribution is 2.56. The average molecular weight is 803 g/mol. The Morgan fingerprint density at radius 3 is 0.736 bits per heavy atom. The second-order valence-corrected chi connectivity index (χ2v) is 23.3. The van der Waals surface area contributed by atoms with Crippen LogP contribution in [-0.2, 0) is 16.3 Å². The molecule has 1 N–H and O–H groups in total. The van der Waals surface area contributed by atoms with E-state index in [-0.39, 0.29) is 0 Å². The average Bonchev–Trinajstić information content (AvgIpc) is 3.15. The molecule has 0 aliphatic carbocycles. The maximum atomic E-state index is 10.5. The quantitative estimate of drug-likeness (QED) is 0.0490. The van der Waals surface area contributed by atoms with Crippen LogP contribution in [0.25, 0.3) is 0 Å². The van der Waals surface area contributed by atoms with Gasteiger partial charge < -0.3 is 9.42 Å². The molecule has 5 heteroatoms. The zero-order valence-corrected chi connectivity index (χ0v) is 39.2. The first-order chi connectivity index (χ1) is 26.1. The van der Waals surface area contributed by atoms with Crippen LogP contribution in [0.1, 0.15) is 296 Å². The van der Waals surface area contributed by atoms with Crippen molar-refractivity contribution in [3.63, 3.8) is 0 Å². The van der Waals surface area contributed by atoms with E-state index in [2.05, 4.69) is 13.8 Å². The Bertz CT molecular complexity index is 651. The van der Waals surface area contributed by atoms with Crippen LogP contribution in [0.4, 0.5) is 0 Å². The normalized spacial score (nSPS) is 12.9. The summed E-state index contributed by atoms with van der Waals surface area (Å²) in [5.74, 6) is 0.951. The second-order valence-electron chi connectivity index (χ2n) is 17.0. The summed E-state index contributed by atoms with van der Waals surface area (Å²) in [7, 11) is 0. The molecule has 0 fully saturated rings. The lowest BCUT2D eigenvalue weighted by atomic mass is 10.0. The van der Waals surface area contributed by atoms with E-state index in [9.17, 15) is 4.89 Å². The van der Waals surface area contributed by atoms with E-state index in [1.54, 1.807) is 0 Å². The summed E-state index contributed by atoms with van der Waals surface area (Å²) in [4.78, 5) is 10.5. The van der Waals surface area contributed by atoms with E-state index in [1.165, 1.54) is 281 Å². The predicted molar refractivity (Wildman–Crippen MR) is 249 cm³/mol. The molecule has 1 unspecified atom stereocenters. The van der Waals surface area contributed by atoms with Crippen LogP contribution in [0.15, 0.2) is 0 Å². The van der Waals surface area contributed by atoms with E-state index in [0.717, 1.165) is 18.6 Å². The van der Waals surface area contributed by atoms with Crippen molar-refractivity contribution in [3.05, 3.63) is 0 Å². The molecule has 0 saturated carbocycles. The molecule has 2 nitrogen and oxygen atoms in total. The third-order valence-corrected chi connectivity index (χ3v) is 15.9. The van der Waals surface area contributed by atoms with Crippen molar-refractivity contribution >= 4 is 28.9 Å². The van der Waals surface area contributed by atoms with Gasteiger partial charge in [0.1, 0.15) is 0 Å². The second kappa shape index (κ2) is 47.3. The molecule has 0 amide bonds. The Morgan fingerprint density at radius 2 is 0.509 bits per heavy atom. The summed E-state index contributed by atoms with van der Waals surface area (Å²) in [6, 6.07) is 0. The lowest BCUT2D eigenvalue weighted by Crippen LogP contribution is -1.92. The Hall–Kier alpha value is 0.920. The van der Waals surface area contributed by atoms with Gasteiger partial charge in [-0.05, 0) is 24.6 Å². The van der Waals surface area contributed by atoms with Crippen LogP contribution in [0.3, 0.4) is 0 Å². The number of unbranched alkanes of at least 4 members (excludes halogenated alkanes) is 42. The van der Waals surface area contributed by atoms with Crippen molar-refractivity contribution < 1.29 is 9.42 Å². The molecule has 0 heterocycles. The molecular formula is C48H99O2PS2. The van der Waals surface area contributed by atoms with E-state index >= 15 is 0 Å². The van der Waals surface area contributed by atoms with Gasteiger partial charge in [-0.15, -0.1) is 0 Å². The van der Waals surface area contributed by atoms with E-state index < -0.39 is 5.69 Å². The summed E-state index contributed by atoms with van der Waals surface area (Å²) >= 11 is 6.94. The minimum absolute atomic E-state index is 0.638. The summed E-state index contributed by atoms with van der Waals surface area (Å²) < 4.78 is 5.77. The molecule has 1 atom stereocenters. The van der Waals surface area contributed by atoms with Gasteiger partial charge in [0.25, 0.3) is 0 Å². The highest BCUT2D eigenvalue weighted by Gasteiger charge is 2.13. The molecular weight excluding hydrogens is 704 g/mol. The van der Waals surface area contributed by atoms with Gasteiger partial charge in [-0.1, -0.05) is 295 Å². The minimum atomic E-state index is -2.64. The molecule has 0 aliphatic rings. The van der Waals surface area contributed by atoms with Gasteiger partial charge in [0.15, 0.2) is 0 Å². The van der Waals surface area contributed by atoms with Gasteiger partial charge in [-0.3, -0.25) is 0 Å². The van der Waals surface area contributed by atoms with Crippen molar-refractivity contribution in [1.82, 2.24) is 0 Å². The topological polar surface area (TPSA) is 29.5 Å². The molecule has 0 aliphatic heterocycles. The third-order valence-electron chi connectivity index (χ3n) is 11.5. The monoisotopic (exact) mass is 803 g/mol. The smallest absolute Gasteiger partial charge is 0.244 e. The molecule has 0 aromatic rings. The summed E-state index contributed by atoms with van der Waals surface area (Å²) in [6.07, 6.45) is 62.0. The standard InChI is InChI=1S/C48H99O2PS2/c1-3-5-7-9-11-13-15-17-19-21-23-25-27-29-31-33-35-37-39-41-43-45-47-50-51(49,52)53-48-46-44-42-40-38-36-34-32-30-28-26-24-22-20-18-16-14-12-10-8-6-4-2/h3-48H2,1-2H3,(H,49,52). The van der Waals surface area contributed by atoms with Crippen molar-refractivity contribution in [3.8, 4) is 0 Å². The Labute approximate surface area is 345 Å². The van der Waals surface area contributed by atoms with Crippen molar-refractivity contribution in [2.75, 3.05) is 12.4 Å². The van der Waals surface area contributed by atoms with Gasteiger partial charge in [0.05, 0.1) is 6.61 Å². The summed E-state index contributed by atoms with van der Waals surface area (Å²) in [6.45, 7) is 5.24. The van der Waals surface area contributed by atoms with Crippen LogP contribution in [0.5, 0.6) is 0 Å². The van der Waals surface area contributed by atoms with Crippen LogP contribution in [0.2, 0.25) is 0 Å². The zero-order chi connectivity index (χ0) is 38.4. The SMILES string of the molecule is CCCCCCCCCCCCCCCCCCCCCCCCOP(O)(=S)SCCCCCCCCCCCCCCCCCCCCCCCC. The van der Waals surface area contributed by atoms with Crippen LogP contribution in [0, 0.1) is 0 Å². The summed E-state index contributed by atoms with van der Waals surface area (Å²) in [5.41, 5.74) is -2.64. The molecule has 0 radical (unpaired) electrons. The maximum Gasteiger partial charge on any atom is 0.244 e. The third kappa shape index (κ3) is 49.0. The first kappa shape index (κ1) is 53.9. The number of rotatable bonds is 48. The lowest BCUT2D eigenvalue weighted by molar-refractivity contribution is 0.307. The van der Waals surface area contributed by atoms with Crippen molar-refractivity contribution in [2.45, 2.75) is 296 Å². The molecule has 0 bridgehead atoms. The van der Waals surface area contributed by atoms with Crippen molar-refractivity contribution in [1.29, 1.82) is 0 Å². The highest BCUT2D eigenvalue weighted by molar-refractivity contribution is 8.67. The fourth-order valence-corrected chi connectivity index (χ4v) is 11.2. The Balaban J connectivity index is 3.24. The molecule has 0 spiro atoms. The largest absolute Gasteiger partial charge is 0.337 e. The highest BCUT2D eigenvalue weighted by atomic mass is 32.9. The van der Waals surface area contributed by atoms with Crippen molar-refractivity contribution in [2.24, 2.45) is 0 Å². The molecule has 0 aromatic heterocycles. The number of hydrogen-bond donors (Lipinski definition) is 1. The maximum absolute atomic E-state index is 10.5. The molecule has 320 valence electrons. The molecule has 0 rings (SSSR count). The van der Waals surface area contributed by atoms with Gasteiger partial charge in [0, 0.05) is 5.75 Å². The Kier molecular flexibility index (Phi) is 48.1. The minimum Gasteiger partial charge on any atom is -0.337 e. The lowest BCUT2D eigenvalue weighted by Gasteiger charge is -2.14. The predicted octanol–water partition coefficient (Wildman–Crippen LogP) is 19.2.